The van der Waals surface area contributed by atoms with E-state index in [-0.39, 0.29) is 24.2 Å². The number of hydrogen-bond acceptors (Lipinski definition) is 2. The molecule has 0 spiro atoms. The Labute approximate surface area is 106 Å². The summed E-state index contributed by atoms with van der Waals surface area (Å²) >= 11 is 5.87. The fourth-order valence-electron chi connectivity index (χ4n) is 1.26. The third kappa shape index (κ3) is 3.86. The van der Waals surface area contributed by atoms with Gasteiger partial charge in [0.25, 0.3) is 5.91 Å². The van der Waals surface area contributed by atoms with E-state index in [1.165, 1.54) is 0 Å². The molecule has 92 valence electrons. The number of halogens is 1. The molecule has 4 heteroatoms. The monoisotopic (exact) mass is 253 g/mol. The van der Waals surface area contributed by atoms with Crippen LogP contribution in [0.4, 0.5) is 0 Å². The van der Waals surface area contributed by atoms with E-state index in [4.69, 9.17) is 11.6 Å². The van der Waals surface area contributed by atoms with Crippen LogP contribution in [0.3, 0.4) is 0 Å². The molecule has 0 aromatic heterocycles. The number of aryl methyl sites for hydroxylation is 1. The van der Waals surface area contributed by atoms with Gasteiger partial charge in [0.1, 0.15) is 0 Å². The molecule has 1 amide bonds. The summed E-state index contributed by atoms with van der Waals surface area (Å²) in [6.45, 7) is 5.51. The van der Waals surface area contributed by atoms with E-state index in [0.717, 1.165) is 5.56 Å². The average Bonchev–Trinajstić information content (AvgIpc) is 2.28. The van der Waals surface area contributed by atoms with Crippen LogP contribution in [-0.4, -0.2) is 18.2 Å². The van der Waals surface area contributed by atoms with Crippen LogP contribution in [0, 0.1) is 12.8 Å². The van der Waals surface area contributed by atoms with E-state index in [0.29, 0.717) is 10.6 Å². The molecule has 17 heavy (non-hydrogen) atoms. The smallest absolute Gasteiger partial charge is 0.251 e. The van der Waals surface area contributed by atoms with Crippen LogP contribution in [0.15, 0.2) is 18.2 Å². The molecular formula is C13H16ClNO2. The zero-order valence-corrected chi connectivity index (χ0v) is 11.0. The van der Waals surface area contributed by atoms with Crippen LogP contribution in [0.1, 0.15) is 29.8 Å². The predicted molar refractivity (Wildman–Crippen MR) is 68.4 cm³/mol. The Balaban J connectivity index is 2.64. The summed E-state index contributed by atoms with van der Waals surface area (Å²) in [5, 5.41) is 3.22. The maximum Gasteiger partial charge on any atom is 0.251 e. The Morgan fingerprint density at radius 1 is 1.35 bits per heavy atom. The SMILES string of the molecule is Cc1cc(C(=O)NCC(=O)C(C)C)ccc1Cl. The van der Waals surface area contributed by atoms with Crippen molar-refractivity contribution >= 4 is 23.3 Å². The van der Waals surface area contributed by atoms with Crippen LogP contribution < -0.4 is 5.32 Å². The first kappa shape index (κ1) is 13.7. The van der Waals surface area contributed by atoms with Crippen LogP contribution in [0.5, 0.6) is 0 Å². The number of amides is 1. The largest absolute Gasteiger partial charge is 0.345 e. The first-order valence-corrected chi connectivity index (χ1v) is 5.86. The van der Waals surface area contributed by atoms with E-state index < -0.39 is 0 Å². The van der Waals surface area contributed by atoms with E-state index in [1.807, 2.05) is 6.92 Å². The minimum atomic E-state index is -0.251. The van der Waals surface area contributed by atoms with Crippen molar-refractivity contribution < 1.29 is 9.59 Å². The van der Waals surface area contributed by atoms with Gasteiger partial charge in [0.15, 0.2) is 5.78 Å². The number of nitrogens with one attached hydrogen (secondary N) is 1. The first-order chi connectivity index (χ1) is 7.91. The highest BCUT2D eigenvalue weighted by Crippen LogP contribution is 2.16. The third-order valence-electron chi connectivity index (χ3n) is 2.49. The van der Waals surface area contributed by atoms with Crippen molar-refractivity contribution in [3.8, 4) is 0 Å². The van der Waals surface area contributed by atoms with Crippen molar-refractivity contribution in [1.82, 2.24) is 5.32 Å². The summed E-state index contributed by atoms with van der Waals surface area (Å²) in [5.74, 6) is -0.301. The molecule has 3 nitrogen and oxygen atoms in total. The summed E-state index contributed by atoms with van der Waals surface area (Å²) in [4.78, 5) is 23.1. The van der Waals surface area contributed by atoms with Gasteiger partial charge in [-0.1, -0.05) is 25.4 Å². The Hall–Kier alpha value is -1.35. The number of hydrogen-bond donors (Lipinski definition) is 1. The molecule has 0 unspecified atom stereocenters. The molecule has 0 atom stereocenters. The lowest BCUT2D eigenvalue weighted by Gasteiger charge is -2.07. The van der Waals surface area contributed by atoms with Crippen molar-refractivity contribution in [2.45, 2.75) is 20.8 Å². The predicted octanol–water partition coefficient (Wildman–Crippen LogP) is 2.60. The normalized spacial score (nSPS) is 10.4. The van der Waals surface area contributed by atoms with Gasteiger partial charge in [-0.25, -0.2) is 0 Å². The highest BCUT2D eigenvalue weighted by Gasteiger charge is 2.11. The molecule has 0 saturated carbocycles. The Morgan fingerprint density at radius 3 is 2.53 bits per heavy atom. The lowest BCUT2D eigenvalue weighted by molar-refractivity contribution is -0.120. The average molecular weight is 254 g/mol. The fraction of sp³-hybridized carbons (Fsp3) is 0.385. The van der Waals surface area contributed by atoms with Crippen molar-refractivity contribution in [2.24, 2.45) is 5.92 Å². The molecule has 1 aromatic carbocycles. The van der Waals surface area contributed by atoms with E-state index >= 15 is 0 Å². The maximum absolute atomic E-state index is 11.7. The molecule has 0 heterocycles. The highest BCUT2D eigenvalue weighted by atomic mass is 35.5. The van der Waals surface area contributed by atoms with Gasteiger partial charge in [0.2, 0.25) is 0 Å². The van der Waals surface area contributed by atoms with Gasteiger partial charge >= 0.3 is 0 Å². The van der Waals surface area contributed by atoms with Crippen LogP contribution in [0.25, 0.3) is 0 Å². The van der Waals surface area contributed by atoms with Gasteiger partial charge in [-0.15, -0.1) is 0 Å². The summed E-state index contributed by atoms with van der Waals surface area (Å²) in [5.41, 5.74) is 1.36. The quantitative estimate of drug-likeness (QED) is 0.897. The number of rotatable bonds is 4. The molecule has 0 saturated heterocycles. The topological polar surface area (TPSA) is 46.2 Å². The standard InChI is InChI=1S/C13H16ClNO2/c1-8(2)12(16)7-15-13(17)10-4-5-11(14)9(3)6-10/h4-6,8H,7H2,1-3H3,(H,15,17). The number of ketones is 1. The molecule has 1 rings (SSSR count). The van der Waals surface area contributed by atoms with Gasteiger partial charge in [0.05, 0.1) is 6.54 Å². The second-order valence-electron chi connectivity index (χ2n) is 4.27. The van der Waals surface area contributed by atoms with E-state index in [1.54, 1.807) is 32.0 Å². The van der Waals surface area contributed by atoms with Crippen molar-refractivity contribution in [2.75, 3.05) is 6.54 Å². The zero-order chi connectivity index (χ0) is 13.0. The van der Waals surface area contributed by atoms with Crippen molar-refractivity contribution in [1.29, 1.82) is 0 Å². The van der Waals surface area contributed by atoms with Crippen LogP contribution >= 0.6 is 11.6 Å². The minimum Gasteiger partial charge on any atom is -0.345 e. The Bertz CT molecular complexity index is 441. The van der Waals surface area contributed by atoms with E-state index in [9.17, 15) is 9.59 Å². The lowest BCUT2D eigenvalue weighted by atomic mass is 10.1. The third-order valence-corrected chi connectivity index (χ3v) is 2.91. The molecule has 1 N–H and O–H groups in total. The molecule has 0 bridgehead atoms. The van der Waals surface area contributed by atoms with Gasteiger partial charge in [0, 0.05) is 16.5 Å². The Kier molecular flexibility index (Phi) is 4.70. The lowest BCUT2D eigenvalue weighted by Crippen LogP contribution is -2.31. The number of benzene rings is 1. The van der Waals surface area contributed by atoms with Gasteiger partial charge < -0.3 is 5.32 Å². The molecular weight excluding hydrogens is 238 g/mol. The molecule has 0 aliphatic carbocycles. The second-order valence-corrected chi connectivity index (χ2v) is 4.67. The van der Waals surface area contributed by atoms with Crippen LogP contribution in [-0.2, 0) is 4.79 Å². The maximum atomic E-state index is 11.7. The molecule has 0 aliphatic rings. The minimum absolute atomic E-state index is 0.0176. The Morgan fingerprint density at radius 2 is 2.00 bits per heavy atom. The number of Topliss-reactive ketones (excluding diaryl/α,β-unsaturated/α-hetero) is 1. The van der Waals surface area contributed by atoms with Gasteiger partial charge in [-0.05, 0) is 30.7 Å². The summed E-state index contributed by atoms with van der Waals surface area (Å²) < 4.78 is 0. The fourth-order valence-corrected chi connectivity index (χ4v) is 1.38. The zero-order valence-electron chi connectivity index (χ0n) is 10.2. The second kappa shape index (κ2) is 5.82. The molecule has 0 fully saturated rings. The summed E-state index contributed by atoms with van der Waals surface area (Å²) in [7, 11) is 0. The van der Waals surface area contributed by atoms with Gasteiger partial charge in [-0.2, -0.15) is 0 Å². The molecule has 1 aromatic rings. The van der Waals surface area contributed by atoms with E-state index in [2.05, 4.69) is 5.32 Å². The number of carbonyl (C=O) groups excluding carboxylic acids is 2. The van der Waals surface area contributed by atoms with Crippen molar-refractivity contribution in [3.05, 3.63) is 34.3 Å². The number of carbonyl (C=O) groups is 2. The highest BCUT2D eigenvalue weighted by molar-refractivity contribution is 6.31. The van der Waals surface area contributed by atoms with Gasteiger partial charge in [-0.3, -0.25) is 9.59 Å². The molecule has 0 radical (unpaired) electrons. The molecule has 0 aliphatic heterocycles. The first-order valence-electron chi connectivity index (χ1n) is 5.49. The summed E-state index contributed by atoms with van der Waals surface area (Å²) in [6.07, 6.45) is 0. The summed E-state index contributed by atoms with van der Waals surface area (Å²) in [6, 6.07) is 5.03. The van der Waals surface area contributed by atoms with Crippen LogP contribution in [0.2, 0.25) is 5.02 Å². The van der Waals surface area contributed by atoms with Crippen molar-refractivity contribution in [3.63, 3.8) is 0 Å².